The molecule has 0 heterocycles. The maximum absolute atomic E-state index is 12.4. The molecule has 24 heavy (non-hydrogen) atoms. The molecular weight excluding hydrogens is 306 g/mol. The zero-order valence-electron chi connectivity index (χ0n) is 14.7. The van der Waals surface area contributed by atoms with Gasteiger partial charge < -0.3 is 14.8 Å². The molecule has 0 unspecified atom stereocenters. The third kappa shape index (κ3) is 4.84. The smallest absolute Gasteiger partial charge is 0.328 e. The first-order valence-electron chi connectivity index (χ1n) is 8.16. The Bertz CT molecular complexity index is 735. The highest BCUT2D eigenvalue weighted by atomic mass is 16.5. The fourth-order valence-corrected chi connectivity index (χ4v) is 2.17. The van der Waals surface area contributed by atoms with E-state index >= 15 is 0 Å². The minimum absolute atomic E-state index is 0.0401. The summed E-state index contributed by atoms with van der Waals surface area (Å²) in [6, 6.07) is 13.5. The molecule has 2 rings (SSSR count). The molecule has 1 amide bonds. The number of benzene rings is 2. The van der Waals surface area contributed by atoms with Crippen molar-refractivity contribution in [3.05, 3.63) is 65.7 Å². The molecule has 0 saturated heterocycles. The fourth-order valence-electron chi connectivity index (χ4n) is 2.17. The van der Waals surface area contributed by atoms with Crippen LogP contribution in [0.3, 0.4) is 0 Å². The van der Waals surface area contributed by atoms with Gasteiger partial charge >= 0.3 is 5.97 Å². The highest BCUT2D eigenvalue weighted by Gasteiger charge is 2.23. The van der Waals surface area contributed by atoms with E-state index in [0.717, 1.165) is 0 Å². The van der Waals surface area contributed by atoms with Crippen molar-refractivity contribution in [3.63, 3.8) is 0 Å². The van der Waals surface area contributed by atoms with Crippen molar-refractivity contribution in [1.82, 2.24) is 5.32 Å². The molecule has 0 saturated carbocycles. The number of carbonyl (C=O) groups is 2. The average Bonchev–Trinajstić information content (AvgIpc) is 2.62. The van der Waals surface area contributed by atoms with Crippen LogP contribution >= 0.6 is 0 Å². The van der Waals surface area contributed by atoms with Crippen LogP contribution in [0.15, 0.2) is 54.6 Å². The number of ether oxygens (including phenoxy) is 2. The van der Waals surface area contributed by atoms with Gasteiger partial charge in [-0.1, -0.05) is 30.3 Å². The molecule has 5 heteroatoms. The van der Waals surface area contributed by atoms with Crippen molar-refractivity contribution in [2.45, 2.75) is 19.4 Å². The van der Waals surface area contributed by atoms with Gasteiger partial charge in [-0.05, 0) is 36.8 Å². The summed E-state index contributed by atoms with van der Waals surface area (Å²) in [5, 5.41) is 2.49. The molecule has 5 nitrogen and oxygen atoms in total. The number of esters is 1. The summed E-state index contributed by atoms with van der Waals surface area (Å²) < 4.78 is 18.7. The van der Waals surface area contributed by atoms with Crippen molar-refractivity contribution < 1.29 is 20.4 Å². The lowest BCUT2D eigenvalue weighted by Gasteiger charge is -2.18. The van der Waals surface area contributed by atoms with E-state index in [1.165, 1.54) is 7.11 Å². The maximum Gasteiger partial charge on any atom is 0.328 e. The Hall–Kier alpha value is -2.82. The lowest BCUT2D eigenvalue weighted by atomic mass is 10.0. The second kappa shape index (κ2) is 8.72. The molecule has 126 valence electrons. The van der Waals surface area contributed by atoms with E-state index in [1.807, 2.05) is 0 Å². The van der Waals surface area contributed by atoms with Crippen molar-refractivity contribution in [3.8, 4) is 5.75 Å². The van der Waals surface area contributed by atoms with Crippen LogP contribution in [0.4, 0.5) is 0 Å². The third-order valence-corrected chi connectivity index (χ3v) is 3.34. The van der Waals surface area contributed by atoms with Crippen LogP contribution in [0.5, 0.6) is 5.75 Å². The maximum atomic E-state index is 12.4. The normalized spacial score (nSPS) is 13.3. The number of hydrogen-bond acceptors (Lipinski definition) is 4. The molecule has 0 spiro atoms. The summed E-state index contributed by atoms with van der Waals surface area (Å²) in [5.41, 5.74) is 1.05. The van der Waals surface area contributed by atoms with E-state index in [1.54, 1.807) is 61.5 Å². The first-order valence-corrected chi connectivity index (χ1v) is 7.66. The molecule has 2 aromatic rings. The summed E-state index contributed by atoms with van der Waals surface area (Å²) in [5.74, 6) is -0.702. The molecule has 0 aromatic heterocycles. The van der Waals surface area contributed by atoms with E-state index in [0.29, 0.717) is 16.9 Å². The average molecular weight is 328 g/mol. The van der Waals surface area contributed by atoms with E-state index in [9.17, 15) is 9.59 Å². The Morgan fingerprint density at radius 3 is 2.58 bits per heavy atom. The highest BCUT2D eigenvalue weighted by Crippen LogP contribution is 2.15. The minimum atomic E-state index is -1.94. The number of rotatable bonds is 7. The Balaban J connectivity index is 2.26. The van der Waals surface area contributed by atoms with Crippen molar-refractivity contribution in [2.75, 3.05) is 13.7 Å². The minimum Gasteiger partial charge on any atom is -0.497 e. The Kier molecular flexibility index (Phi) is 5.83. The van der Waals surface area contributed by atoms with Crippen LogP contribution in [0, 0.1) is 0 Å². The molecule has 0 aliphatic carbocycles. The quantitative estimate of drug-likeness (QED) is 0.794. The van der Waals surface area contributed by atoms with Gasteiger partial charge in [-0.3, -0.25) is 4.79 Å². The highest BCUT2D eigenvalue weighted by molar-refractivity contribution is 5.96. The van der Waals surface area contributed by atoms with Crippen LogP contribution < -0.4 is 10.1 Å². The van der Waals surface area contributed by atoms with E-state index in [2.05, 4.69) is 5.32 Å². The molecule has 0 bridgehead atoms. The zero-order valence-corrected chi connectivity index (χ0v) is 13.7. The molecule has 0 aliphatic heterocycles. The van der Waals surface area contributed by atoms with Crippen molar-refractivity contribution in [1.29, 1.82) is 0 Å². The number of hydrogen-bond donors (Lipinski definition) is 1. The summed E-state index contributed by atoms with van der Waals surface area (Å²) in [6.45, 7) is 1.78. The largest absolute Gasteiger partial charge is 0.497 e. The van der Waals surface area contributed by atoms with Gasteiger partial charge in [0.2, 0.25) is 0 Å². The number of carbonyl (C=O) groups excluding carboxylic acids is 2. The topological polar surface area (TPSA) is 64.6 Å². The first kappa shape index (κ1) is 16.1. The molecule has 0 fully saturated rings. The van der Waals surface area contributed by atoms with Crippen LogP contribution in [0.1, 0.15) is 24.2 Å². The monoisotopic (exact) mass is 328 g/mol. The van der Waals surface area contributed by atoms with Crippen LogP contribution in [-0.2, 0) is 16.0 Å². The number of nitrogens with one attached hydrogen (secondary N) is 1. The first-order chi connectivity index (χ1) is 12.0. The summed E-state index contributed by atoms with van der Waals surface area (Å²) >= 11 is 0. The van der Waals surface area contributed by atoms with Crippen LogP contribution in [-0.4, -0.2) is 31.6 Å². The predicted molar refractivity (Wildman–Crippen MR) is 91.0 cm³/mol. The van der Waals surface area contributed by atoms with Gasteiger partial charge in [-0.15, -0.1) is 0 Å². The standard InChI is InChI=1S/C19H21NO4/c1-3-24-19(22)17(13-14-8-7-11-16(12-14)23-2)20-18(21)15-9-5-4-6-10-15/h4-12,17H,3,13H2,1-2H3,(H,20,21)/t17-/m0/s1/i17D. The van der Waals surface area contributed by atoms with Gasteiger partial charge in [0.1, 0.15) is 11.8 Å². The van der Waals surface area contributed by atoms with Crippen LogP contribution in [0.25, 0.3) is 0 Å². The predicted octanol–water partition coefficient (Wildman–Crippen LogP) is 2.60. The van der Waals surface area contributed by atoms with Gasteiger partial charge in [0, 0.05) is 12.0 Å². The molecule has 0 aliphatic rings. The molecule has 2 aromatic carbocycles. The van der Waals surface area contributed by atoms with Gasteiger partial charge in [0.15, 0.2) is 0 Å². The number of amides is 1. The molecule has 1 atom stereocenters. The molecule has 0 radical (unpaired) electrons. The second-order valence-electron chi connectivity index (χ2n) is 5.05. The SMILES string of the molecule is [2H][C@@](Cc1cccc(OC)c1)(NC(=O)c1ccccc1)C(=O)OCC. The van der Waals surface area contributed by atoms with Gasteiger partial charge in [-0.25, -0.2) is 4.79 Å². The van der Waals surface area contributed by atoms with Crippen molar-refractivity contribution in [2.24, 2.45) is 0 Å². The summed E-state index contributed by atoms with van der Waals surface area (Å²) in [6.07, 6.45) is -0.0401. The van der Waals surface area contributed by atoms with E-state index < -0.39 is 17.9 Å². The van der Waals surface area contributed by atoms with Gasteiger partial charge in [0.25, 0.3) is 5.91 Å². The second-order valence-corrected chi connectivity index (χ2v) is 5.05. The summed E-state index contributed by atoms with van der Waals surface area (Å²) in [7, 11) is 1.54. The zero-order chi connectivity index (χ0) is 18.3. The van der Waals surface area contributed by atoms with E-state index in [4.69, 9.17) is 10.8 Å². The number of methoxy groups -OCH3 is 1. The fraction of sp³-hybridized carbons (Fsp3) is 0.263. The Morgan fingerprint density at radius 2 is 1.92 bits per heavy atom. The Labute approximate surface area is 143 Å². The van der Waals surface area contributed by atoms with E-state index in [-0.39, 0.29) is 13.0 Å². The molecule has 1 N–H and O–H groups in total. The van der Waals surface area contributed by atoms with Gasteiger partial charge in [-0.2, -0.15) is 0 Å². The third-order valence-electron chi connectivity index (χ3n) is 3.34. The van der Waals surface area contributed by atoms with Crippen LogP contribution in [0.2, 0.25) is 0 Å². The summed E-state index contributed by atoms with van der Waals surface area (Å²) in [4.78, 5) is 24.8. The Morgan fingerprint density at radius 1 is 1.17 bits per heavy atom. The molecular formula is C19H21NO4. The van der Waals surface area contributed by atoms with Crippen molar-refractivity contribution >= 4 is 11.9 Å². The lowest BCUT2D eigenvalue weighted by molar-refractivity contribution is -0.145. The lowest BCUT2D eigenvalue weighted by Crippen LogP contribution is -2.43. The van der Waals surface area contributed by atoms with Gasteiger partial charge in [0.05, 0.1) is 15.1 Å².